The van der Waals surface area contributed by atoms with Gasteiger partial charge in [-0.3, -0.25) is 4.79 Å². The van der Waals surface area contributed by atoms with E-state index >= 15 is 0 Å². The van der Waals surface area contributed by atoms with Gasteiger partial charge in [0.25, 0.3) is 5.91 Å². The molecule has 2 aromatic heterocycles. The van der Waals surface area contributed by atoms with Crippen LogP contribution in [0.1, 0.15) is 27.7 Å². The minimum atomic E-state index is -0.647. The van der Waals surface area contributed by atoms with E-state index in [4.69, 9.17) is 24.9 Å². The number of para-hydroxylation sites is 2. The number of amides is 1. The van der Waals surface area contributed by atoms with E-state index in [2.05, 4.69) is 15.6 Å². The first-order valence-electron chi connectivity index (χ1n) is 13.5. The lowest BCUT2D eigenvalue weighted by molar-refractivity contribution is 0.0996. The van der Waals surface area contributed by atoms with Crippen LogP contribution in [0.4, 0.5) is 0 Å². The molecule has 1 unspecified atom stereocenters. The van der Waals surface area contributed by atoms with Crippen LogP contribution in [0, 0.1) is 5.92 Å². The van der Waals surface area contributed by atoms with E-state index in [1.165, 1.54) is 0 Å². The molecule has 6 rings (SSSR count). The molecule has 5 aromatic rings. The first-order valence-corrected chi connectivity index (χ1v) is 13.5. The highest BCUT2D eigenvalue weighted by molar-refractivity contribution is 5.99. The molecule has 3 heterocycles. The first kappa shape index (κ1) is 26.5. The highest BCUT2D eigenvalue weighted by Crippen LogP contribution is 2.47. The Morgan fingerprint density at radius 3 is 2.46 bits per heavy atom. The Labute approximate surface area is 237 Å². The van der Waals surface area contributed by atoms with Gasteiger partial charge in [-0.25, -0.2) is 4.98 Å². The van der Waals surface area contributed by atoms with Gasteiger partial charge >= 0.3 is 0 Å². The number of carbonyl (C=O) groups excluding carboxylic acids is 1. The molecule has 0 spiro atoms. The molecule has 4 N–H and O–H groups in total. The number of nitrogens with two attached hydrogens (primary N) is 1. The average molecular weight is 553 g/mol. The van der Waals surface area contributed by atoms with Crippen molar-refractivity contribution in [3.63, 3.8) is 0 Å². The number of H-pyrrole nitrogens is 1. The molecule has 0 saturated heterocycles. The minimum Gasteiger partial charge on any atom is -0.496 e. The number of aliphatic hydroxyl groups excluding tert-OH is 1. The molecule has 41 heavy (non-hydrogen) atoms. The smallest absolute Gasteiger partial charge is 0.269 e. The third kappa shape index (κ3) is 4.38. The maximum absolute atomic E-state index is 12.9. The molecule has 1 amide bonds. The van der Waals surface area contributed by atoms with Crippen molar-refractivity contribution in [2.75, 3.05) is 27.9 Å². The number of nitrogens with zero attached hydrogens (tertiary/aromatic N) is 2. The largest absolute Gasteiger partial charge is 0.496 e. The van der Waals surface area contributed by atoms with Crippen LogP contribution in [-0.2, 0) is 12.8 Å². The van der Waals surface area contributed by atoms with E-state index in [1.54, 1.807) is 21.3 Å². The molecule has 0 bridgehead atoms. The monoisotopic (exact) mass is 552 g/mol. The van der Waals surface area contributed by atoms with Crippen molar-refractivity contribution < 1.29 is 24.1 Å². The number of primary amides is 1. The Kier molecular flexibility index (Phi) is 6.88. The van der Waals surface area contributed by atoms with Crippen molar-refractivity contribution in [3.8, 4) is 39.9 Å². The first-order chi connectivity index (χ1) is 20.0. The number of aliphatic hydroxyl groups is 1. The SMILES string of the molecule is COc1cc2c(cc1OC)-c1nc(C(N)=O)c(-c3ccccc3OC)n1C([C@H](CO)Cc1c[nH]c3ccccc13)C2. The zero-order chi connectivity index (χ0) is 28.7. The Balaban J connectivity index is 1.60. The summed E-state index contributed by atoms with van der Waals surface area (Å²) in [6, 6.07) is 19.2. The highest BCUT2D eigenvalue weighted by atomic mass is 16.5. The fourth-order valence-electron chi connectivity index (χ4n) is 6.11. The standard InChI is InChI=1S/C32H32N4O5/c1-39-26-11-7-5-9-22(26)30-29(31(33)38)35-32-23-15-28(41-3)27(40-2)14-18(23)13-25(36(30)32)20(17-37)12-19-16-34-24-10-6-4-8-21(19)24/h4-11,14-16,20,25,34,37H,12-13,17H2,1-3H3,(H2,33,38)/t20-,25?/m0/s1. The van der Waals surface area contributed by atoms with Crippen molar-refractivity contribution >= 4 is 16.8 Å². The number of hydrogen-bond acceptors (Lipinski definition) is 6. The van der Waals surface area contributed by atoms with Gasteiger partial charge in [-0.2, -0.15) is 0 Å². The van der Waals surface area contributed by atoms with Gasteiger partial charge in [0.05, 0.1) is 27.0 Å². The summed E-state index contributed by atoms with van der Waals surface area (Å²) in [4.78, 5) is 21.1. The summed E-state index contributed by atoms with van der Waals surface area (Å²) in [6.07, 6.45) is 3.17. The number of rotatable bonds is 9. The Morgan fingerprint density at radius 2 is 1.73 bits per heavy atom. The zero-order valence-electron chi connectivity index (χ0n) is 23.2. The molecule has 1 aliphatic rings. The van der Waals surface area contributed by atoms with Gasteiger partial charge in [0.1, 0.15) is 11.6 Å². The van der Waals surface area contributed by atoms with Crippen molar-refractivity contribution in [3.05, 3.63) is 83.7 Å². The highest BCUT2D eigenvalue weighted by Gasteiger charge is 2.37. The molecule has 0 saturated carbocycles. The van der Waals surface area contributed by atoms with E-state index in [9.17, 15) is 9.90 Å². The molecule has 1 aliphatic heterocycles. The summed E-state index contributed by atoms with van der Waals surface area (Å²) < 4.78 is 19.0. The topological polar surface area (TPSA) is 125 Å². The van der Waals surface area contributed by atoms with Crippen molar-refractivity contribution in [1.29, 1.82) is 0 Å². The molecule has 9 nitrogen and oxygen atoms in total. The number of ether oxygens (including phenoxy) is 3. The number of fused-ring (bicyclic) bond motifs is 4. The summed E-state index contributed by atoms with van der Waals surface area (Å²) >= 11 is 0. The van der Waals surface area contributed by atoms with Crippen molar-refractivity contribution in [2.24, 2.45) is 11.7 Å². The van der Waals surface area contributed by atoms with Crippen LogP contribution in [-0.4, -0.2) is 53.5 Å². The van der Waals surface area contributed by atoms with Gasteiger partial charge < -0.3 is 34.6 Å². The number of aromatic amines is 1. The van der Waals surface area contributed by atoms with E-state index in [0.717, 1.165) is 27.6 Å². The van der Waals surface area contributed by atoms with Crippen LogP contribution in [0.3, 0.4) is 0 Å². The number of carbonyl (C=O) groups is 1. The van der Waals surface area contributed by atoms with Crippen LogP contribution in [0.25, 0.3) is 33.5 Å². The van der Waals surface area contributed by atoms with E-state index in [-0.39, 0.29) is 24.3 Å². The molecule has 9 heteroatoms. The molecular formula is C32H32N4O5. The molecule has 0 fully saturated rings. The second kappa shape index (κ2) is 10.7. The lowest BCUT2D eigenvalue weighted by atomic mass is 9.84. The van der Waals surface area contributed by atoms with Gasteiger partial charge in [0.15, 0.2) is 17.2 Å². The second-order valence-corrected chi connectivity index (χ2v) is 10.2. The van der Waals surface area contributed by atoms with Gasteiger partial charge in [0.2, 0.25) is 0 Å². The van der Waals surface area contributed by atoms with E-state index in [0.29, 0.717) is 47.2 Å². The number of methoxy groups -OCH3 is 3. The predicted octanol–water partition coefficient (Wildman–Crippen LogP) is 4.77. The van der Waals surface area contributed by atoms with Crippen LogP contribution >= 0.6 is 0 Å². The molecule has 0 aliphatic carbocycles. The van der Waals surface area contributed by atoms with Crippen molar-refractivity contribution in [2.45, 2.75) is 18.9 Å². The molecule has 0 radical (unpaired) electrons. The van der Waals surface area contributed by atoms with Crippen LogP contribution in [0.15, 0.2) is 66.9 Å². The fourth-order valence-corrected chi connectivity index (χ4v) is 6.11. The summed E-state index contributed by atoms with van der Waals surface area (Å²) in [6.45, 7) is -0.0817. The third-order valence-electron chi connectivity index (χ3n) is 8.05. The lowest BCUT2D eigenvalue weighted by Gasteiger charge is -2.34. The van der Waals surface area contributed by atoms with Gasteiger partial charge in [-0.1, -0.05) is 30.3 Å². The Morgan fingerprint density at radius 1 is 1.02 bits per heavy atom. The van der Waals surface area contributed by atoms with E-state index < -0.39 is 5.91 Å². The fraction of sp³-hybridized carbons (Fsp3) is 0.250. The molecule has 2 atom stereocenters. The van der Waals surface area contributed by atoms with Gasteiger partial charge in [-0.15, -0.1) is 0 Å². The van der Waals surface area contributed by atoms with Crippen LogP contribution < -0.4 is 19.9 Å². The summed E-state index contributed by atoms with van der Waals surface area (Å²) in [7, 11) is 4.78. The van der Waals surface area contributed by atoms with Crippen LogP contribution in [0.5, 0.6) is 17.2 Å². The Hall–Kier alpha value is -4.76. The number of aromatic nitrogens is 3. The Bertz CT molecular complexity index is 1750. The summed E-state index contributed by atoms with van der Waals surface area (Å²) in [5.41, 5.74) is 11.3. The molecule has 3 aromatic carbocycles. The summed E-state index contributed by atoms with van der Waals surface area (Å²) in [5, 5.41) is 12.0. The minimum absolute atomic E-state index is 0.0817. The van der Waals surface area contributed by atoms with E-state index in [1.807, 2.05) is 60.8 Å². The average Bonchev–Trinajstić information content (AvgIpc) is 3.61. The molecule has 210 valence electrons. The van der Waals surface area contributed by atoms with Gasteiger partial charge in [0, 0.05) is 46.8 Å². The van der Waals surface area contributed by atoms with Crippen LogP contribution in [0.2, 0.25) is 0 Å². The molecular weight excluding hydrogens is 520 g/mol. The zero-order valence-corrected chi connectivity index (χ0v) is 23.2. The predicted molar refractivity (Wildman–Crippen MR) is 157 cm³/mol. The number of benzene rings is 3. The maximum Gasteiger partial charge on any atom is 0.269 e. The number of imidazole rings is 1. The second-order valence-electron chi connectivity index (χ2n) is 10.2. The van der Waals surface area contributed by atoms with Crippen molar-refractivity contribution in [1.82, 2.24) is 14.5 Å². The maximum atomic E-state index is 12.9. The normalized spacial score (nSPS) is 14.8. The lowest BCUT2D eigenvalue weighted by Crippen LogP contribution is -2.30. The number of nitrogens with one attached hydrogen (secondary N) is 1. The third-order valence-corrected chi connectivity index (χ3v) is 8.05. The quantitative estimate of drug-likeness (QED) is 0.242. The summed E-state index contributed by atoms with van der Waals surface area (Å²) in [5.74, 6) is 1.44. The van der Waals surface area contributed by atoms with Gasteiger partial charge in [-0.05, 0) is 54.3 Å². The number of hydrogen-bond donors (Lipinski definition) is 3.